The van der Waals surface area contributed by atoms with Gasteiger partial charge in [-0.25, -0.2) is 0 Å². The Morgan fingerprint density at radius 3 is 2.64 bits per heavy atom. The summed E-state index contributed by atoms with van der Waals surface area (Å²) in [6, 6.07) is 8.37. The number of hydrogen-bond donors (Lipinski definition) is 0. The van der Waals surface area contributed by atoms with Crippen LogP contribution in [0.5, 0.6) is 5.75 Å². The van der Waals surface area contributed by atoms with E-state index >= 15 is 0 Å². The molecule has 1 aliphatic heterocycles. The average Bonchev–Trinajstić information content (AvgIpc) is 2.16. The summed E-state index contributed by atoms with van der Waals surface area (Å²) in [4.78, 5) is 0. The van der Waals surface area contributed by atoms with Gasteiger partial charge in [0.25, 0.3) is 0 Å². The van der Waals surface area contributed by atoms with E-state index in [0.717, 1.165) is 18.8 Å². The van der Waals surface area contributed by atoms with Gasteiger partial charge in [-0.1, -0.05) is 39.0 Å². The van der Waals surface area contributed by atoms with Crippen molar-refractivity contribution in [2.45, 2.75) is 27.2 Å². The number of para-hydroxylation sites is 1. The van der Waals surface area contributed by atoms with Crippen molar-refractivity contribution in [2.75, 3.05) is 6.61 Å². The lowest BCUT2D eigenvalue weighted by Crippen LogP contribution is -2.31. The third kappa shape index (κ3) is 1.77. The standard InChI is InChI=1S/C13H18O/c1-13(2,3)11-8-10-6-4-5-7-12(10)14-9-11/h4-7,11H,8-9H2,1-3H3. The summed E-state index contributed by atoms with van der Waals surface area (Å²) in [6.07, 6.45) is 1.15. The van der Waals surface area contributed by atoms with E-state index in [0.29, 0.717) is 11.3 Å². The third-order valence-corrected chi connectivity index (χ3v) is 3.10. The molecule has 0 spiro atoms. The molecule has 1 aromatic rings. The van der Waals surface area contributed by atoms with E-state index in [1.165, 1.54) is 5.56 Å². The first kappa shape index (κ1) is 9.57. The number of ether oxygens (including phenoxy) is 1. The minimum Gasteiger partial charge on any atom is -0.493 e. The highest BCUT2D eigenvalue weighted by Crippen LogP contribution is 2.35. The molecule has 1 nitrogen and oxygen atoms in total. The fourth-order valence-corrected chi connectivity index (χ4v) is 1.88. The van der Waals surface area contributed by atoms with Crippen LogP contribution in [-0.4, -0.2) is 6.61 Å². The number of rotatable bonds is 0. The Morgan fingerprint density at radius 2 is 1.93 bits per heavy atom. The zero-order valence-corrected chi connectivity index (χ0v) is 9.21. The molecule has 1 atom stereocenters. The van der Waals surface area contributed by atoms with E-state index in [-0.39, 0.29) is 0 Å². The molecule has 0 amide bonds. The Bertz CT molecular complexity index is 322. The summed E-state index contributed by atoms with van der Waals surface area (Å²) in [6.45, 7) is 7.72. The van der Waals surface area contributed by atoms with Gasteiger partial charge in [-0.3, -0.25) is 0 Å². The second kappa shape index (κ2) is 3.30. The van der Waals surface area contributed by atoms with Crippen LogP contribution in [0.1, 0.15) is 26.3 Å². The molecular formula is C13H18O. The first-order valence-corrected chi connectivity index (χ1v) is 5.28. The van der Waals surface area contributed by atoms with E-state index in [9.17, 15) is 0 Å². The lowest BCUT2D eigenvalue weighted by Gasteiger charge is -2.34. The highest BCUT2D eigenvalue weighted by Gasteiger charge is 2.29. The predicted molar refractivity (Wildman–Crippen MR) is 58.6 cm³/mol. The first-order chi connectivity index (χ1) is 6.57. The highest BCUT2D eigenvalue weighted by atomic mass is 16.5. The molecule has 76 valence electrons. The van der Waals surface area contributed by atoms with Gasteiger partial charge < -0.3 is 4.74 Å². The zero-order valence-electron chi connectivity index (χ0n) is 9.21. The van der Waals surface area contributed by atoms with Gasteiger partial charge in [0.15, 0.2) is 0 Å². The second-order valence-electron chi connectivity index (χ2n) is 5.19. The van der Waals surface area contributed by atoms with Crippen LogP contribution in [-0.2, 0) is 6.42 Å². The topological polar surface area (TPSA) is 9.23 Å². The Morgan fingerprint density at radius 1 is 1.21 bits per heavy atom. The van der Waals surface area contributed by atoms with Crippen LogP contribution in [0, 0.1) is 11.3 Å². The van der Waals surface area contributed by atoms with Crippen LogP contribution in [0.25, 0.3) is 0 Å². The first-order valence-electron chi connectivity index (χ1n) is 5.28. The molecule has 1 heterocycles. The van der Waals surface area contributed by atoms with Crippen molar-refractivity contribution in [3.63, 3.8) is 0 Å². The van der Waals surface area contributed by atoms with Gasteiger partial charge in [-0.05, 0) is 23.5 Å². The number of benzene rings is 1. The molecule has 0 aromatic heterocycles. The van der Waals surface area contributed by atoms with Gasteiger partial charge in [0.05, 0.1) is 6.61 Å². The van der Waals surface area contributed by atoms with Crippen LogP contribution in [0.3, 0.4) is 0 Å². The van der Waals surface area contributed by atoms with Crippen molar-refractivity contribution in [1.82, 2.24) is 0 Å². The van der Waals surface area contributed by atoms with E-state index in [1.807, 2.05) is 6.07 Å². The van der Waals surface area contributed by atoms with Gasteiger partial charge in [-0.2, -0.15) is 0 Å². The molecule has 1 heteroatoms. The molecule has 0 saturated heterocycles. The monoisotopic (exact) mass is 190 g/mol. The quantitative estimate of drug-likeness (QED) is 0.610. The number of hydrogen-bond acceptors (Lipinski definition) is 1. The van der Waals surface area contributed by atoms with Crippen molar-refractivity contribution in [1.29, 1.82) is 0 Å². The number of fused-ring (bicyclic) bond motifs is 1. The minimum atomic E-state index is 0.341. The average molecular weight is 190 g/mol. The fraction of sp³-hybridized carbons (Fsp3) is 0.538. The zero-order chi connectivity index (χ0) is 10.2. The van der Waals surface area contributed by atoms with Gasteiger partial charge in [0.2, 0.25) is 0 Å². The van der Waals surface area contributed by atoms with Crippen molar-refractivity contribution in [2.24, 2.45) is 11.3 Å². The lowest BCUT2D eigenvalue weighted by atomic mass is 9.77. The molecule has 0 aliphatic carbocycles. The molecule has 1 unspecified atom stereocenters. The second-order valence-corrected chi connectivity index (χ2v) is 5.19. The van der Waals surface area contributed by atoms with Crippen molar-refractivity contribution in [3.8, 4) is 5.75 Å². The molecular weight excluding hydrogens is 172 g/mol. The maximum Gasteiger partial charge on any atom is 0.122 e. The van der Waals surface area contributed by atoms with Crippen LogP contribution >= 0.6 is 0 Å². The summed E-state index contributed by atoms with van der Waals surface area (Å²) in [5, 5.41) is 0. The normalized spacial score (nSPS) is 21.2. The maximum absolute atomic E-state index is 5.76. The van der Waals surface area contributed by atoms with Crippen LogP contribution in [0.4, 0.5) is 0 Å². The lowest BCUT2D eigenvalue weighted by molar-refractivity contribution is 0.127. The largest absolute Gasteiger partial charge is 0.493 e. The van der Waals surface area contributed by atoms with Gasteiger partial charge >= 0.3 is 0 Å². The summed E-state index contributed by atoms with van der Waals surface area (Å²) in [5.41, 5.74) is 1.70. The molecule has 2 rings (SSSR count). The summed E-state index contributed by atoms with van der Waals surface area (Å²) in [7, 11) is 0. The molecule has 1 aromatic carbocycles. The van der Waals surface area contributed by atoms with Crippen LogP contribution in [0.2, 0.25) is 0 Å². The van der Waals surface area contributed by atoms with E-state index in [2.05, 4.69) is 39.0 Å². The third-order valence-electron chi connectivity index (χ3n) is 3.10. The Kier molecular flexibility index (Phi) is 2.26. The van der Waals surface area contributed by atoms with E-state index in [4.69, 9.17) is 4.74 Å². The molecule has 1 aliphatic rings. The van der Waals surface area contributed by atoms with Crippen molar-refractivity contribution < 1.29 is 4.74 Å². The Balaban J connectivity index is 2.22. The highest BCUT2D eigenvalue weighted by molar-refractivity contribution is 5.35. The van der Waals surface area contributed by atoms with Crippen LogP contribution in [0.15, 0.2) is 24.3 Å². The Labute approximate surface area is 86.1 Å². The van der Waals surface area contributed by atoms with E-state index < -0.39 is 0 Å². The molecule has 0 bridgehead atoms. The summed E-state index contributed by atoms with van der Waals surface area (Å²) in [5.74, 6) is 1.71. The SMILES string of the molecule is CC(C)(C)C1COc2ccccc2C1. The molecule has 0 radical (unpaired) electrons. The predicted octanol–water partition coefficient (Wildman–Crippen LogP) is 3.28. The minimum absolute atomic E-state index is 0.341. The van der Waals surface area contributed by atoms with Crippen LogP contribution < -0.4 is 4.74 Å². The van der Waals surface area contributed by atoms with Crippen molar-refractivity contribution in [3.05, 3.63) is 29.8 Å². The smallest absolute Gasteiger partial charge is 0.122 e. The Hall–Kier alpha value is -0.980. The van der Waals surface area contributed by atoms with Gasteiger partial charge in [0, 0.05) is 5.92 Å². The van der Waals surface area contributed by atoms with E-state index in [1.54, 1.807) is 0 Å². The molecule has 0 N–H and O–H groups in total. The van der Waals surface area contributed by atoms with Gasteiger partial charge in [0.1, 0.15) is 5.75 Å². The summed E-state index contributed by atoms with van der Waals surface area (Å²) >= 11 is 0. The molecule has 14 heavy (non-hydrogen) atoms. The molecule has 0 saturated carbocycles. The van der Waals surface area contributed by atoms with Gasteiger partial charge in [-0.15, -0.1) is 0 Å². The summed E-state index contributed by atoms with van der Waals surface area (Å²) < 4.78 is 5.76. The molecule has 0 fully saturated rings. The van der Waals surface area contributed by atoms with Crippen molar-refractivity contribution >= 4 is 0 Å². The maximum atomic E-state index is 5.76. The fourth-order valence-electron chi connectivity index (χ4n) is 1.88.